The van der Waals surface area contributed by atoms with Crippen LogP contribution in [0, 0.1) is 11.3 Å². The summed E-state index contributed by atoms with van der Waals surface area (Å²) in [6.07, 6.45) is 0. The molecule has 1 saturated heterocycles. The molecule has 78 valence electrons. The Morgan fingerprint density at radius 3 is 2.80 bits per heavy atom. The van der Waals surface area contributed by atoms with Crippen molar-refractivity contribution in [2.75, 3.05) is 13.1 Å². The number of hydrogen-bond donors (Lipinski definition) is 1. The van der Waals surface area contributed by atoms with Gasteiger partial charge in [-0.1, -0.05) is 18.2 Å². The Hall–Kier alpha value is -1.37. The van der Waals surface area contributed by atoms with Crippen molar-refractivity contribution in [3.8, 4) is 6.07 Å². The molecule has 1 aliphatic heterocycles. The summed E-state index contributed by atoms with van der Waals surface area (Å²) in [6.45, 7) is 4.38. The Morgan fingerprint density at radius 1 is 1.47 bits per heavy atom. The molecular formula is C12H14N2O. The van der Waals surface area contributed by atoms with Crippen LogP contribution < -0.4 is 5.32 Å². The maximum absolute atomic E-state index is 8.90. The predicted octanol–water partition coefficient (Wildman–Crippen LogP) is 1.44. The van der Waals surface area contributed by atoms with Gasteiger partial charge in [-0.3, -0.25) is 0 Å². The summed E-state index contributed by atoms with van der Waals surface area (Å²) in [5.74, 6) is 0. The molecule has 0 unspecified atom stereocenters. The van der Waals surface area contributed by atoms with E-state index >= 15 is 0 Å². The van der Waals surface area contributed by atoms with E-state index in [0.717, 1.165) is 18.7 Å². The fraction of sp³-hybridized carbons (Fsp3) is 0.417. The van der Waals surface area contributed by atoms with Gasteiger partial charge in [-0.2, -0.15) is 5.26 Å². The van der Waals surface area contributed by atoms with Crippen LogP contribution in [0.3, 0.4) is 0 Å². The van der Waals surface area contributed by atoms with Gasteiger partial charge in [0.15, 0.2) is 0 Å². The zero-order valence-corrected chi connectivity index (χ0v) is 8.79. The normalized spacial score (nSPS) is 17.9. The monoisotopic (exact) mass is 202 g/mol. The fourth-order valence-electron chi connectivity index (χ4n) is 1.59. The number of benzene rings is 1. The number of hydrogen-bond acceptors (Lipinski definition) is 3. The molecule has 3 nitrogen and oxygen atoms in total. The van der Waals surface area contributed by atoms with Crippen molar-refractivity contribution in [3.63, 3.8) is 0 Å². The smallest absolute Gasteiger partial charge is 0.0995 e. The highest BCUT2D eigenvalue weighted by molar-refractivity contribution is 5.36. The fourth-order valence-corrected chi connectivity index (χ4v) is 1.59. The molecule has 15 heavy (non-hydrogen) atoms. The minimum Gasteiger partial charge on any atom is -0.368 e. The van der Waals surface area contributed by atoms with E-state index in [-0.39, 0.29) is 5.60 Å². The highest BCUT2D eigenvalue weighted by Gasteiger charge is 2.32. The highest BCUT2D eigenvalue weighted by Crippen LogP contribution is 2.19. The summed E-state index contributed by atoms with van der Waals surface area (Å²) in [5.41, 5.74) is 1.62. The van der Waals surface area contributed by atoms with Crippen LogP contribution in [0.2, 0.25) is 0 Å². The Bertz CT molecular complexity index is 391. The Labute approximate surface area is 89.7 Å². The molecule has 3 heteroatoms. The third kappa shape index (κ3) is 2.17. The second kappa shape index (κ2) is 4.01. The van der Waals surface area contributed by atoms with Gasteiger partial charge >= 0.3 is 0 Å². The summed E-state index contributed by atoms with van der Waals surface area (Å²) in [4.78, 5) is 0. The van der Waals surface area contributed by atoms with Crippen molar-refractivity contribution in [1.29, 1.82) is 5.26 Å². The molecule has 1 aliphatic rings. The number of rotatable bonds is 3. The van der Waals surface area contributed by atoms with Crippen molar-refractivity contribution in [1.82, 2.24) is 5.32 Å². The molecule has 0 amide bonds. The minimum atomic E-state index is -0.0530. The van der Waals surface area contributed by atoms with E-state index in [1.807, 2.05) is 24.3 Å². The predicted molar refractivity (Wildman–Crippen MR) is 57.2 cm³/mol. The van der Waals surface area contributed by atoms with Gasteiger partial charge in [0.2, 0.25) is 0 Å². The van der Waals surface area contributed by atoms with Crippen LogP contribution in [0.25, 0.3) is 0 Å². The molecular weight excluding hydrogens is 188 g/mol. The van der Waals surface area contributed by atoms with Crippen LogP contribution in [0.5, 0.6) is 0 Å². The Balaban J connectivity index is 2.02. The zero-order valence-electron chi connectivity index (χ0n) is 8.79. The number of nitriles is 1. The molecule has 1 aromatic rings. The maximum Gasteiger partial charge on any atom is 0.0995 e. The van der Waals surface area contributed by atoms with Gasteiger partial charge in [0, 0.05) is 13.1 Å². The summed E-state index contributed by atoms with van der Waals surface area (Å²) < 4.78 is 5.78. The summed E-state index contributed by atoms with van der Waals surface area (Å²) in [5, 5.41) is 12.1. The second-order valence-electron chi connectivity index (χ2n) is 4.11. The molecule has 0 atom stereocenters. The lowest BCUT2D eigenvalue weighted by Gasteiger charge is -2.39. The van der Waals surface area contributed by atoms with Crippen LogP contribution in [0.4, 0.5) is 0 Å². The molecule has 1 fully saturated rings. The zero-order chi connectivity index (χ0) is 10.7. The van der Waals surface area contributed by atoms with Gasteiger partial charge in [-0.15, -0.1) is 0 Å². The first kappa shape index (κ1) is 10.2. The number of ether oxygens (including phenoxy) is 1. The van der Waals surface area contributed by atoms with Gasteiger partial charge in [0.1, 0.15) is 0 Å². The third-order valence-corrected chi connectivity index (χ3v) is 2.71. The molecule has 0 saturated carbocycles. The molecule has 0 aromatic heterocycles. The van der Waals surface area contributed by atoms with E-state index < -0.39 is 0 Å². The van der Waals surface area contributed by atoms with Crippen molar-refractivity contribution >= 4 is 0 Å². The quantitative estimate of drug-likeness (QED) is 0.806. The first-order valence-electron chi connectivity index (χ1n) is 5.06. The Morgan fingerprint density at radius 2 is 2.20 bits per heavy atom. The molecule has 2 rings (SSSR count). The van der Waals surface area contributed by atoms with Crippen LogP contribution >= 0.6 is 0 Å². The average Bonchev–Trinajstić information content (AvgIpc) is 2.24. The average molecular weight is 202 g/mol. The summed E-state index contributed by atoms with van der Waals surface area (Å²) in [6, 6.07) is 9.73. The summed E-state index contributed by atoms with van der Waals surface area (Å²) >= 11 is 0. The van der Waals surface area contributed by atoms with Crippen LogP contribution in [0.1, 0.15) is 18.1 Å². The minimum absolute atomic E-state index is 0.0530. The first-order chi connectivity index (χ1) is 7.23. The summed E-state index contributed by atoms with van der Waals surface area (Å²) in [7, 11) is 0. The SMILES string of the molecule is CC1(OCc2ccccc2C#N)CNC1. The van der Waals surface area contributed by atoms with Crippen molar-refractivity contribution in [3.05, 3.63) is 35.4 Å². The van der Waals surface area contributed by atoms with E-state index in [1.54, 1.807) is 0 Å². The van der Waals surface area contributed by atoms with Gasteiger partial charge in [-0.25, -0.2) is 0 Å². The molecule has 1 aromatic carbocycles. The molecule has 0 radical (unpaired) electrons. The molecule has 0 aliphatic carbocycles. The van der Waals surface area contributed by atoms with Crippen LogP contribution in [-0.4, -0.2) is 18.7 Å². The highest BCUT2D eigenvalue weighted by atomic mass is 16.5. The maximum atomic E-state index is 8.90. The second-order valence-corrected chi connectivity index (χ2v) is 4.11. The van der Waals surface area contributed by atoms with E-state index in [4.69, 9.17) is 10.00 Å². The van der Waals surface area contributed by atoms with Gasteiger partial charge < -0.3 is 10.1 Å². The molecule has 1 N–H and O–H groups in total. The van der Waals surface area contributed by atoms with Crippen molar-refractivity contribution in [2.45, 2.75) is 19.1 Å². The number of nitrogens with one attached hydrogen (secondary N) is 1. The standard InChI is InChI=1S/C12H14N2O/c1-12(8-14-9-12)15-7-11-5-3-2-4-10(11)6-13/h2-5,14H,7-9H2,1H3. The topological polar surface area (TPSA) is 45.0 Å². The molecule has 1 heterocycles. The largest absolute Gasteiger partial charge is 0.368 e. The van der Waals surface area contributed by atoms with Crippen molar-refractivity contribution < 1.29 is 4.74 Å². The van der Waals surface area contributed by atoms with E-state index in [1.165, 1.54) is 0 Å². The van der Waals surface area contributed by atoms with Crippen LogP contribution in [0.15, 0.2) is 24.3 Å². The Kier molecular flexibility index (Phi) is 2.72. The first-order valence-corrected chi connectivity index (χ1v) is 5.06. The lowest BCUT2D eigenvalue weighted by atomic mass is 10.00. The van der Waals surface area contributed by atoms with Crippen molar-refractivity contribution in [2.24, 2.45) is 0 Å². The molecule has 0 spiro atoms. The van der Waals surface area contributed by atoms with Crippen LogP contribution in [-0.2, 0) is 11.3 Å². The third-order valence-electron chi connectivity index (χ3n) is 2.71. The van der Waals surface area contributed by atoms with E-state index in [9.17, 15) is 0 Å². The number of nitrogens with zero attached hydrogens (tertiary/aromatic N) is 1. The molecule has 0 bridgehead atoms. The van der Waals surface area contributed by atoms with Gasteiger partial charge in [0.25, 0.3) is 0 Å². The lowest BCUT2D eigenvalue weighted by Crippen LogP contribution is -2.58. The van der Waals surface area contributed by atoms with Gasteiger partial charge in [0.05, 0.1) is 23.8 Å². The van der Waals surface area contributed by atoms with E-state index in [0.29, 0.717) is 12.2 Å². The van der Waals surface area contributed by atoms with Gasteiger partial charge in [-0.05, 0) is 18.6 Å². The lowest BCUT2D eigenvalue weighted by molar-refractivity contribution is -0.0768. The van der Waals surface area contributed by atoms with E-state index in [2.05, 4.69) is 18.3 Å².